The Hall–Kier alpha value is -1.96. The molecule has 0 saturated carbocycles. The first-order chi connectivity index (χ1) is 11.3. The Balaban J connectivity index is 2.03. The number of rotatable bonds is 4. The molecule has 24 heavy (non-hydrogen) atoms. The zero-order chi connectivity index (χ0) is 17.4. The molecule has 0 spiro atoms. The summed E-state index contributed by atoms with van der Waals surface area (Å²) < 4.78 is 5.86. The lowest BCUT2D eigenvalue weighted by atomic mass is 9.62. The number of fused-ring (bicyclic) bond motifs is 2. The summed E-state index contributed by atoms with van der Waals surface area (Å²) in [6, 6.07) is 4.62. The maximum Gasteiger partial charge on any atom is 0.186 e. The van der Waals surface area contributed by atoms with Gasteiger partial charge in [-0.05, 0) is 52.4 Å². The Bertz CT molecular complexity index is 818. The van der Waals surface area contributed by atoms with Gasteiger partial charge in [-0.1, -0.05) is 58.6 Å². The first kappa shape index (κ1) is 16.9. The van der Waals surface area contributed by atoms with Gasteiger partial charge in [0.1, 0.15) is 5.58 Å². The highest BCUT2D eigenvalue weighted by Gasteiger charge is 2.37. The van der Waals surface area contributed by atoms with Crippen molar-refractivity contribution in [3.63, 3.8) is 0 Å². The molecular formula is C22H26BO. The van der Waals surface area contributed by atoms with Crippen molar-refractivity contribution in [2.24, 2.45) is 0 Å². The molecule has 2 heteroatoms. The van der Waals surface area contributed by atoms with Crippen LogP contribution >= 0.6 is 0 Å². The topological polar surface area (TPSA) is 13.1 Å². The SMILES string of the molecule is C=C/C=C\C=C\[B]c1coc2cc3c(cc12)C(C)(C)CCC3(C)C. The van der Waals surface area contributed by atoms with E-state index in [4.69, 9.17) is 4.42 Å². The third kappa shape index (κ3) is 3.02. The molecule has 0 aliphatic heterocycles. The molecule has 123 valence electrons. The zero-order valence-corrected chi connectivity index (χ0v) is 15.2. The first-order valence-corrected chi connectivity index (χ1v) is 8.70. The predicted octanol–water partition coefficient (Wildman–Crippen LogP) is 5.37. The van der Waals surface area contributed by atoms with E-state index in [1.807, 2.05) is 30.5 Å². The molecule has 1 nitrogen and oxygen atoms in total. The molecule has 0 N–H and O–H groups in total. The summed E-state index contributed by atoms with van der Waals surface area (Å²) in [5.41, 5.74) is 5.46. The summed E-state index contributed by atoms with van der Waals surface area (Å²) in [6.45, 7) is 13.1. The van der Waals surface area contributed by atoms with E-state index in [-0.39, 0.29) is 10.8 Å². The Morgan fingerprint density at radius 2 is 1.67 bits per heavy atom. The van der Waals surface area contributed by atoms with Gasteiger partial charge >= 0.3 is 0 Å². The molecule has 0 amide bonds. The van der Waals surface area contributed by atoms with Crippen molar-refractivity contribution in [3.05, 3.63) is 66.4 Å². The van der Waals surface area contributed by atoms with E-state index in [1.54, 1.807) is 6.08 Å². The number of hydrogen-bond donors (Lipinski definition) is 0. The molecule has 1 aliphatic rings. The number of hydrogen-bond acceptors (Lipinski definition) is 1. The minimum Gasteiger partial charge on any atom is -0.465 e. The Kier molecular flexibility index (Phi) is 4.34. The molecule has 1 aliphatic carbocycles. The van der Waals surface area contributed by atoms with Gasteiger partial charge in [0, 0.05) is 5.39 Å². The van der Waals surface area contributed by atoms with E-state index in [9.17, 15) is 0 Å². The van der Waals surface area contributed by atoms with Crippen molar-refractivity contribution in [1.29, 1.82) is 0 Å². The van der Waals surface area contributed by atoms with Crippen LogP contribution < -0.4 is 5.46 Å². The average molecular weight is 317 g/mol. The van der Waals surface area contributed by atoms with Crippen molar-refractivity contribution in [2.45, 2.75) is 51.4 Å². The quantitative estimate of drug-likeness (QED) is 0.546. The van der Waals surface area contributed by atoms with Crippen LogP contribution in [-0.2, 0) is 10.8 Å². The first-order valence-electron chi connectivity index (χ1n) is 8.70. The van der Waals surface area contributed by atoms with Gasteiger partial charge in [0.05, 0.1) is 6.26 Å². The van der Waals surface area contributed by atoms with E-state index < -0.39 is 0 Å². The molecule has 0 saturated heterocycles. The molecule has 1 radical (unpaired) electrons. The average Bonchev–Trinajstić information content (AvgIpc) is 2.93. The molecule has 1 aromatic carbocycles. The Labute approximate surface area is 146 Å². The second kappa shape index (κ2) is 6.16. The highest BCUT2D eigenvalue weighted by molar-refractivity contribution is 6.61. The lowest BCUT2D eigenvalue weighted by Gasteiger charge is -2.41. The van der Waals surface area contributed by atoms with Crippen molar-refractivity contribution in [3.8, 4) is 0 Å². The second-order valence-corrected chi connectivity index (χ2v) is 8.02. The highest BCUT2D eigenvalue weighted by Crippen LogP contribution is 2.46. The van der Waals surface area contributed by atoms with E-state index in [0.29, 0.717) is 0 Å². The third-order valence-corrected chi connectivity index (χ3v) is 5.32. The monoisotopic (exact) mass is 317 g/mol. The van der Waals surface area contributed by atoms with Gasteiger partial charge < -0.3 is 4.42 Å². The van der Waals surface area contributed by atoms with E-state index in [2.05, 4.69) is 53.7 Å². The molecule has 2 aromatic rings. The predicted molar refractivity (Wildman–Crippen MR) is 105 cm³/mol. The third-order valence-electron chi connectivity index (χ3n) is 5.32. The van der Waals surface area contributed by atoms with Gasteiger partial charge in [0.2, 0.25) is 0 Å². The van der Waals surface area contributed by atoms with Crippen LogP contribution in [0.1, 0.15) is 51.7 Å². The van der Waals surface area contributed by atoms with Crippen molar-refractivity contribution in [1.82, 2.24) is 0 Å². The Morgan fingerprint density at radius 3 is 2.33 bits per heavy atom. The molecule has 0 atom stereocenters. The molecule has 1 heterocycles. The summed E-state index contributed by atoms with van der Waals surface area (Å²) in [5.74, 6) is 2.04. The maximum atomic E-state index is 5.86. The van der Waals surface area contributed by atoms with Gasteiger partial charge in [0.25, 0.3) is 0 Å². The van der Waals surface area contributed by atoms with E-state index in [0.717, 1.165) is 11.0 Å². The lowest BCUT2D eigenvalue weighted by molar-refractivity contribution is 0.332. The lowest BCUT2D eigenvalue weighted by Crippen LogP contribution is -2.33. The number of benzene rings is 1. The smallest absolute Gasteiger partial charge is 0.186 e. The summed E-state index contributed by atoms with van der Waals surface area (Å²) in [5, 5.41) is 1.21. The van der Waals surface area contributed by atoms with E-state index in [1.165, 1.54) is 29.4 Å². The van der Waals surface area contributed by atoms with Gasteiger partial charge in [-0.3, -0.25) is 0 Å². The summed E-state index contributed by atoms with van der Waals surface area (Å²) >= 11 is 0. The standard InChI is InChI=1S/C22H26BO/c1-6-7-8-9-12-23-19-15-24-20-14-18-17(13-16(19)20)21(2,3)10-11-22(18,4)5/h6-9,12-15H,1,10-11H2,2-5H3/b8-7-,12-9+. The van der Waals surface area contributed by atoms with Crippen LogP contribution in [0.2, 0.25) is 0 Å². The highest BCUT2D eigenvalue weighted by atomic mass is 16.3. The zero-order valence-electron chi connectivity index (χ0n) is 15.2. The Morgan fingerprint density at radius 1 is 1.00 bits per heavy atom. The molecule has 3 rings (SSSR count). The normalized spacial score (nSPS) is 19.0. The fourth-order valence-electron chi connectivity index (χ4n) is 3.60. The summed E-state index contributed by atoms with van der Waals surface area (Å²) in [4.78, 5) is 0. The van der Waals surface area contributed by atoms with Crippen LogP contribution in [0.5, 0.6) is 0 Å². The van der Waals surface area contributed by atoms with E-state index >= 15 is 0 Å². The van der Waals surface area contributed by atoms with Crippen molar-refractivity contribution < 1.29 is 4.42 Å². The van der Waals surface area contributed by atoms with Gasteiger partial charge in [0.15, 0.2) is 7.28 Å². The maximum absolute atomic E-state index is 5.86. The number of allylic oxidation sites excluding steroid dienone is 4. The van der Waals surface area contributed by atoms with Crippen molar-refractivity contribution in [2.75, 3.05) is 0 Å². The fraction of sp³-hybridized carbons (Fsp3) is 0.364. The van der Waals surface area contributed by atoms with Crippen LogP contribution in [0.25, 0.3) is 11.0 Å². The van der Waals surface area contributed by atoms with Crippen LogP contribution in [-0.4, -0.2) is 7.28 Å². The molecule has 0 bridgehead atoms. The molecule has 0 fully saturated rings. The van der Waals surface area contributed by atoms with Gasteiger partial charge in [-0.25, -0.2) is 0 Å². The minimum absolute atomic E-state index is 0.213. The van der Waals surface area contributed by atoms with Gasteiger partial charge in [-0.2, -0.15) is 0 Å². The minimum atomic E-state index is 0.213. The second-order valence-electron chi connectivity index (χ2n) is 8.02. The molecule has 0 unspecified atom stereocenters. The van der Waals surface area contributed by atoms with Gasteiger partial charge in [-0.15, -0.1) is 5.98 Å². The van der Waals surface area contributed by atoms with Crippen LogP contribution in [0, 0.1) is 0 Å². The largest absolute Gasteiger partial charge is 0.465 e. The number of furan rings is 1. The van der Waals surface area contributed by atoms with Crippen LogP contribution in [0.4, 0.5) is 0 Å². The molecule has 1 aromatic heterocycles. The fourth-order valence-corrected chi connectivity index (χ4v) is 3.60. The molecular weight excluding hydrogens is 291 g/mol. The van der Waals surface area contributed by atoms with Crippen LogP contribution in [0.15, 0.2) is 59.7 Å². The van der Waals surface area contributed by atoms with Crippen molar-refractivity contribution >= 4 is 23.7 Å². The van der Waals surface area contributed by atoms with Crippen LogP contribution in [0.3, 0.4) is 0 Å². The summed E-state index contributed by atoms with van der Waals surface area (Å²) in [6.07, 6.45) is 12.0. The summed E-state index contributed by atoms with van der Waals surface area (Å²) in [7, 11) is 2.10.